The summed E-state index contributed by atoms with van der Waals surface area (Å²) in [6, 6.07) is 11.3. The van der Waals surface area contributed by atoms with Gasteiger partial charge in [0.15, 0.2) is 0 Å². The second-order valence-electron chi connectivity index (χ2n) is 9.55. The van der Waals surface area contributed by atoms with Crippen LogP contribution < -0.4 is 10.6 Å². The highest BCUT2D eigenvalue weighted by Gasteiger charge is 2.51. The van der Waals surface area contributed by atoms with Crippen LogP contribution in [0.3, 0.4) is 0 Å². The maximum atomic E-state index is 13.4. The highest BCUT2D eigenvalue weighted by Crippen LogP contribution is 2.55. The van der Waals surface area contributed by atoms with Crippen molar-refractivity contribution in [2.24, 2.45) is 17.8 Å². The van der Waals surface area contributed by atoms with E-state index in [-0.39, 0.29) is 17.4 Å². The second kappa shape index (κ2) is 7.69. The quantitative estimate of drug-likeness (QED) is 0.675. The van der Waals surface area contributed by atoms with Crippen molar-refractivity contribution >= 4 is 29.2 Å². The number of carbonyl (C=O) groups excluding carboxylic acids is 2. The van der Waals surface area contributed by atoms with Gasteiger partial charge in [-0.1, -0.05) is 23.8 Å². The van der Waals surface area contributed by atoms with Crippen molar-refractivity contribution in [2.45, 2.75) is 51.0 Å². The SMILES string of the molecule is Cc1ccc(C(=O)N/C(=C\c2cccs2)C(=O)NC23CC4CC(CC(C4)C2)C3)cc1. The molecular formula is C25H28N2O2S. The van der Waals surface area contributed by atoms with Gasteiger partial charge in [-0.15, -0.1) is 11.3 Å². The van der Waals surface area contributed by atoms with Gasteiger partial charge in [0, 0.05) is 16.0 Å². The molecule has 4 fully saturated rings. The Hall–Kier alpha value is -2.40. The highest BCUT2D eigenvalue weighted by atomic mass is 32.1. The Kier molecular flexibility index (Phi) is 5.02. The van der Waals surface area contributed by atoms with Gasteiger partial charge in [0.2, 0.25) is 0 Å². The van der Waals surface area contributed by atoms with E-state index in [0.717, 1.165) is 47.5 Å². The molecule has 0 radical (unpaired) electrons. The molecule has 0 unspecified atom stereocenters. The lowest BCUT2D eigenvalue weighted by molar-refractivity contribution is -0.123. The monoisotopic (exact) mass is 420 g/mol. The first kappa shape index (κ1) is 19.6. The average molecular weight is 421 g/mol. The fourth-order valence-corrected chi connectivity index (χ4v) is 6.80. The Bertz CT molecular complexity index is 940. The van der Waals surface area contributed by atoms with Gasteiger partial charge in [0.1, 0.15) is 5.70 Å². The summed E-state index contributed by atoms with van der Waals surface area (Å²) in [6.07, 6.45) is 9.05. The summed E-state index contributed by atoms with van der Waals surface area (Å²) in [5.74, 6) is 1.85. The van der Waals surface area contributed by atoms with Crippen molar-refractivity contribution in [3.8, 4) is 0 Å². The molecule has 4 aliphatic rings. The van der Waals surface area contributed by atoms with E-state index in [9.17, 15) is 9.59 Å². The molecule has 2 aromatic rings. The van der Waals surface area contributed by atoms with Gasteiger partial charge in [-0.3, -0.25) is 9.59 Å². The number of hydrogen-bond donors (Lipinski definition) is 2. The Morgan fingerprint density at radius 3 is 2.20 bits per heavy atom. The first-order chi connectivity index (χ1) is 14.5. The number of hydrogen-bond acceptors (Lipinski definition) is 3. The zero-order valence-corrected chi connectivity index (χ0v) is 18.1. The van der Waals surface area contributed by atoms with Gasteiger partial charge in [0.05, 0.1) is 0 Å². The molecule has 4 nitrogen and oxygen atoms in total. The predicted molar refractivity (Wildman–Crippen MR) is 120 cm³/mol. The van der Waals surface area contributed by atoms with Gasteiger partial charge < -0.3 is 10.6 Å². The Balaban J connectivity index is 1.37. The van der Waals surface area contributed by atoms with E-state index in [4.69, 9.17) is 0 Å². The van der Waals surface area contributed by atoms with Crippen molar-refractivity contribution in [1.29, 1.82) is 0 Å². The minimum atomic E-state index is -0.251. The number of amides is 2. The molecule has 30 heavy (non-hydrogen) atoms. The first-order valence-electron chi connectivity index (χ1n) is 10.9. The van der Waals surface area contributed by atoms with Crippen LogP contribution in [-0.4, -0.2) is 17.4 Å². The summed E-state index contributed by atoms with van der Waals surface area (Å²) in [6.45, 7) is 1.99. The summed E-state index contributed by atoms with van der Waals surface area (Å²) in [7, 11) is 0. The zero-order chi connectivity index (χ0) is 20.7. The molecule has 1 heterocycles. The second-order valence-corrected chi connectivity index (χ2v) is 10.5. The largest absolute Gasteiger partial charge is 0.345 e. The van der Waals surface area contributed by atoms with E-state index in [2.05, 4.69) is 10.6 Å². The smallest absolute Gasteiger partial charge is 0.268 e. The molecule has 2 amide bonds. The number of aryl methyl sites for hydroxylation is 1. The number of thiophene rings is 1. The van der Waals surface area contributed by atoms with E-state index in [1.807, 2.05) is 36.6 Å². The molecule has 2 N–H and O–H groups in total. The van der Waals surface area contributed by atoms with Crippen LogP contribution in [0.15, 0.2) is 47.5 Å². The molecule has 5 heteroatoms. The Morgan fingerprint density at radius 1 is 1.00 bits per heavy atom. The third-order valence-electron chi connectivity index (χ3n) is 7.05. The zero-order valence-electron chi connectivity index (χ0n) is 17.3. The van der Waals surface area contributed by atoms with Crippen molar-refractivity contribution in [1.82, 2.24) is 10.6 Å². The Morgan fingerprint density at radius 2 is 1.63 bits per heavy atom. The van der Waals surface area contributed by atoms with E-state index < -0.39 is 0 Å². The van der Waals surface area contributed by atoms with Crippen molar-refractivity contribution in [3.63, 3.8) is 0 Å². The third kappa shape index (κ3) is 3.95. The highest BCUT2D eigenvalue weighted by molar-refractivity contribution is 7.10. The van der Waals surface area contributed by atoms with Crippen LogP contribution in [0.1, 0.15) is 59.3 Å². The average Bonchev–Trinajstić information content (AvgIpc) is 3.19. The molecule has 156 valence electrons. The van der Waals surface area contributed by atoms with Gasteiger partial charge in [0.25, 0.3) is 11.8 Å². The fraction of sp³-hybridized carbons (Fsp3) is 0.440. The molecule has 4 aliphatic carbocycles. The number of rotatable bonds is 5. The van der Waals surface area contributed by atoms with E-state index in [1.54, 1.807) is 29.5 Å². The van der Waals surface area contributed by atoms with Crippen LogP contribution in [0.2, 0.25) is 0 Å². The number of benzene rings is 1. The summed E-state index contributed by atoms with van der Waals surface area (Å²) >= 11 is 1.56. The van der Waals surface area contributed by atoms with Crippen molar-refractivity contribution < 1.29 is 9.59 Å². The molecule has 4 saturated carbocycles. The molecule has 4 bridgehead atoms. The summed E-state index contributed by atoms with van der Waals surface area (Å²) < 4.78 is 0. The molecule has 0 spiro atoms. The molecule has 0 saturated heterocycles. The first-order valence-corrected chi connectivity index (χ1v) is 11.8. The van der Waals surface area contributed by atoms with Crippen molar-refractivity contribution in [3.05, 3.63) is 63.5 Å². The van der Waals surface area contributed by atoms with Gasteiger partial charge >= 0.3 is 0 Å². The fourth-order valence-electron chi connectivity index (χ4n) is 6.15. The van der Waals surface area contributed by atoms with Crippen LogP contribution >= 0.6 is 11.3 Å². The maximum absolute atomic E-state index is 13.4. The van der Waals surface area contributed by atoms with Gasteiger partial charge in [-0.05, 0) is 92.9 Å². The van der Waals surface area contributed by atoms with Crippen LogP contribution in [0, 0.1) is 24.7 Å². The lowest BCUT2D eigenvalue weighted by atomic mass is 9.53. The molecular weight excluding hydrogens is 392 g/mol. The van der Waals surface area contributed by atoms with E-state index in [1.165, 1.54) is 19.3 Å². The van der Waals surface area contributed by atoms with Crippen LogP contribution in [-0.2, 0) is 4.79 Å². The van der Waals surface area contributed by atoms with E-state index in [0.29, 0.717) is 11.3 Å². The van der Waals surface area contributed by atoms with Crippen molar-refractivity contribution in [2.75, 3.05) is 0 Å². The maximum Gasteiger partial charge on any atom is 0.268 e. The van der Waals surface area contributed by atoms with Crippen LogP contribution in [0.4, 0.5) is 0 Å². The summed E-state index contributed by atoms with van der Waals surface area (Å²) in [5.41, 5.74) is 1.90. The number of carbonyl (C=O) groups is 2. The Labute approximate surface area is 181 Å². The van der Waals surface area contributed by atoms with Crippen LogP contribution in [0.25, 0.3) is 6.08 Å². The predicted octanol–water partition coefficient (Wildman–Crippen LogP) is 4.91. The molecule has 0 aliphatic heterocycles. The molecule has 0 atom stereocenters. The van der Waals surface area contributed by atoms with E-state index >= 15 is 0 Å². The summed E-state index contributed by atoms with van der Waals surface area (Å²) in [5, 5.41) is 8.25. The minimum Gasteiger partial charge on any atom is -0.345 e. The van der Waals surface area contributed by atoms with Gasteiger partial charge in [-0.2, -0.15) is 0 Å². The summed E-state index contributed by atoms with van der Waals surface area (Å²) in [4.78, 5) is 27.2. The normalized spacial score (nSPS) is 29.6. The number of nitrogens with one attached hydrogen (secondary N) is 2. The standard InChI is InChI=1S/C25H28N2O2S/c1-16-4-6-20(7-5-16)23(28)26-22(12-21-3-2-8-30-21)24(29)27-25-13-17-9-18(14-25)11-19(10-17)15-25/h2-8,12,17-19H,9-11,13-15H2,1H3,(H,26,28)(H,27,29)/b22-12-. The molecule has 6 rings (SSSR count). The van der Waals surface area contributed by atoms with Crippen LogP contribution in [0.5, 0.6) is 0 Å². The van der Waals surface area contributed by atoms with Gasteiger partial charge in [-0.25, -0.2) is 0 Å². The lowest BCUT2D eigenvalue weighted by Gasteiger charge is -2.56. The molecule has 1 aromatic heterocycles. The minimum absolute atomic E-state index is 0.0883. The topological polar surface area (TPSA) is 58.2 Å². The third-order valence-corrected chi connectivity index (χ3v) is 7.87. The lowest BCUT2D eigenvalue weighted by Crippen LogP contribution is -2.60. The molecule has 1 aromatic carbocycles.